The molecule has 8 aromatic rings. The molecule has 1 heterocycles. The number of benzene rings is 7. The third-order valence-corrected chi connectivity index (χ3v) is 9.99. The highest BCUT2D eigenvalue weighted by molar-refractivity contribution is 6.19. The maximum atomic E-state index is 5.25. The number of hydrogen-bond donors (Lipinski definition) is 0. The van der Waals surface area contributed by atoms with E-state index in [1.165, 1.54) is 22.3 Å². The minimum Gasteiger partial charge on any atom is -0.233 e. The van der Waals surface area contributed by atoms with Crippen LogP contribution in [0, 0.1) is 27.7 Å². The van der Waals surface area contributed by atoms with Crippen LogP contribution < -0.4 is 0 Å². The fourth-order valence-corrected chi connectivity index (χ4v) is 6.89. The van der Waals surface area contributed by atoms with Crippen LogP contribution in [0.1, 0.15) is 45.9 Å². The van der Waals surface area contributed by atoms with Crippen molar-refractivity contribution >= 4 is 38.8 Å². The largest absolute Gasteiger partial charge is 0.233 e. The molecule has 0 radical (unpaired) electrons. The molecular formula is C50H41N5. The third kappa shape index (κ3) is 7.25. The predicted molar refractivity (Wildman–Crippen MR) is 231 cm³/mol. The van der Waals surface area contributed by atoms with Gasteiger partial charge in [-0.25, -0.2) is 24.9 Å². The van der Waals surface area contributed by atoms with Crippen LogP contribution in [0.2, 0.25) is 0 Å². The van der Waals surface area contributed by atoms with Crippen LogP contribution in [0.4, 0.5) is 0 Å². The number of nitrogens with zero attached hydrogens (tertiary/aromatic N) is 5. The van der Waals surface area contributed by atoms with E-state index in [0.29, 0.717) is 29.0 Å². The Morgan fingerprint density at radius 3 is 1.27 bits per heavy atom. The van der Waals surface area contributed by atoms with Gasteiger partial charge in [-0.05, 0) is 61.7 Å². The molecule has 0 fully saturated rings. The van der Waals surface area contributed by atoms with Crippen LogP contribution in [0.5, 0.6) is 0 Å². The molecule has 0 bridgehead atoms. The lowest BCUT2D eigenvalue weighted by Crippen LogP contribution is -2.05. The monoisotopic (exact) mass is 711 g/mol. The summed E-state index contributed by atoms with van der Waals surface area (Å²) < 4.78 is 0. The fraction of sp³-hybridized carbons (Fsp3) is 0.100. The van der Waals surface area contributed by atoms with Crippen LogP contribution in [-0.4, -0.2) is 26.5 Å². The molecule has 55 heavy (non-hydrogen) atoms. The molecule has 5 nitrogen and oxygen atoms in total. The molecular weight excluding hydrogens is 671 g/mol. The lowest BCUT2D eigenvalue weighted by molar-refractivity contribution is 1.08. The number of aryl methyl sites for hydroxylation is 4. The predicted octanol–water partition coefficient (Wildman–Crippen LogP) is 12.3. The van der Waals surface area contributed by atoms with E-state index >= 15 is 0 Å². The summed E-state index contributed by atoms with van der Waals surface area (Å²) in [5.41, 5.74) is 11.9. The highest BCUT2D eigenvalue weighted by Gasteiger charge is 2.21. The molecule has 1 aromatic heterocycles. The number of rotatable bonds is 7. The lowest BCUT2D eigenvalue weighted by atomic mass is 9.90. The van der Waals surface area contributed by atoms with Crippen LogP contribution in [0.25, 0.3) is 61.4 Å². The Morgan fingerprint density at radius 2 is 0.818 bits per heavy atom. The van der Waals surface area contributed by atoms with E-state index < -0.39 is 0 Å². The number of fused-ring (bicyclic) bond motifs is 2. The molecule has 0 aliphatic carbocycles. The Morgan fingerprint density at radius 1 is 0.436 bits per heavy atom. The molecule has 0 saturated carbocycles. The van der Waals surface area contributed by atoms with Gasteiger partial charge in [0.15, 0.2) is 23.3 Å². The molecule has 7 aromatic carbocycles. The summed E-state index contributed by atoms with van der Waals surface area (Å²) in [6.07, 6.45) is 0. The smallest absolute Gasteiger partial charge is 0.165 e. The number of amidine groups is 1. The van der Waals surface area contributed by atoms with Crippen molar-refractivity contribution in [3.05, 3.63) is 191 Å². The van der Waals surface area contributed by atoms with Gasteiger partial charge in [0.25, 0.3) is 0 Å². The van der Waals surface area contributed by atoms with E-state index in [-0.39, 0.29) is 0 Å². The molecule has 0 atom stereocenters. The van der Waals surface area contributed by atoms with Gasteiger partial charge in [0.1, 0.15) is 0 Å². The number of aromatic nitrogens is 3. The molecule has 0 aliphatic rings. The summed E-state index contributed by atoms with van der Waals surface area (Å²) in [6, 6.07) is 50.2. The Balaban J connectivity index is 1.35. The van der Waals surface area contributed by atoms with Crippen molar-refractivity contribution in [3.63, 3.8) is 0 Å². The van der Waals surface area contributed by atoms with Gasteiger partial charge in [-0.3, -0.25) is 0 Å². The van der Waals surface area contributed by atoms with Crippen LogP contribution >= 0.6 is 0 Å². The van der Waals surface area contributed by atoms with Gasteiger partial charge in [-0.2, -0.15) is 0 Å². The first-order valence-corrected chi connectivity index (χ1v) is 18.5. The average molecular weight is 712 g/mol. The van der Waals surface area contributed by atoms with Gasteiger partial charge in [-0.15, -0.1) is 0 Å². The van der Waals surface area contributed by atoms with E-state index in [9.17, 15) is 0 Å². The summed E-state index contributed by atoms with van der Waals surface area (Å²) in [5, 5.41) is 4.00. The number of aliphatic imine (C=N–C) groups is 2. The topological polar surface area (TPSA) is 63.4 Å². The zero-order valence-electron chi connectivity index (χ0n) is 31.8. The van der Waals surface area contributed by atoms with Crippen LogP contribution in [-0.2, 0) is 0 Å². The van der Waals surface area contributed by atoms with Gasteiger partial charge < -0.3 is 0 Å². The van der Waals surface area contributed by atoms with E-state index in [0.717, 1.165) is 60.6 Å². The van der Waals surface area contributed by atoms with Crippen molar-refractivity contribution in [1.29, 1.82) is 0 Å². The minimum atomic E-state index is 0.600. The first-order valence-electron chi connectivity index (χ1n) is 18.5. The van der Waals surface area contributed by atoms with Gasteiger partial charge in [0.05, 0.1) is 5.70 Å². The Hall–Kier alpha value is -6.85. The van der Waals surface area contributed by atoms with E-state index in [1.807, 2.05) is 6.92 Å². The highest BCUT2D eigenvalue weighted by atomic mass is 15.0. The average Bonchev–Trinajstić information content (AvgIpc) is 3.20. The summed E-state index contributed by atoms with van der Waals surface area (Å²) in [7, 11) is 0. The fourth-order valence-electron chi connectivity index (χ4n) is 6.89. The van der Waals surface area contributed by atoms with Crippen LogP contribution in [0.15, 0.2) is 162 Å². The van der Waals surface area contributed by atoms with Gasteiger partial charge in [0, 0.05) is 33.5 Å². The van der Waals surface area contributed by atoms with Crippen molar-refractivity contribution in [1.82, 2.24) is 15.0 Å². The maximum absolute atomic E-state index is 5.25. The Kier molecular flexibility index (Phi) is 9.52. The first-order chi connectivity index (χ1) is 26.7. The molecule has 266 valence electrons. The molecule has 0 amide bonds. The van der Waals surface area contributed by atoms with Gasteiger partial charge in [-0.1, -0.05) is 174 Å². The highest BCUT2D eigenvalue weighted by Crippen LogP contribution is 2.41. The Bertz CT molecular complexity index is 2650. The molecule has 8 rings (SSSR count). The van der Waals surface area contributed by atoms with E-state index in [1.54, 1.807) is 0 Å². The van der Waals surface area contributed by atoms with Crippen LogP contribution in [0.3, 0.4) is 0 Å². The van der Waals surface area contributed by atoms with E-state index in [4.69, 9.17) is 24.9 Å². The van der Waals surface area contributed by atoms with Crippen molar-refractivity contribution in [2.24, 2.45) is 9.98 Å². The number of hydrogen-bond acceptors (Lipinski definition) is 4. The maximum Gasteiger partial charge on any atom is 0.165 e. The van der Waals surface area contributed by atoms with Crippen molar-refractivity contribution < 1.29 is 0 Å². The summed E-state index contributed by atoms with van der Waals surface area (Å²) in [4.78, 5) is 25.8. The lowest BCUT2D eigenvalue weighted by Gasteiger charge is -2.17. The second kappa shape index (κ2) is 14.9. The zero-order valence-corrected chi connectivity index (χ0v) is 31.8. The van der Waals surface area contributed by atoms with Crippen molar-refractivity contribution in [3.8, 4) is 34.2 Å². The SMILES string of the molecule is C=C(N=C(N=C(C)c1ccc(C)cc1)c1ccc(C)cc1)c1c2ccccc2c(-c2nc(-c3ccc(C)cc3)nc(-c3ccc(C)cc3)n2)c2ccccc12. The van der Waals surface area contributed by atoms with Crippen molar-refractivity contribution in [2.45, 2.75) is 34.6 Å². The minimum absolute atomic E-state index is 0.600. The third-order valence-electron chi connectivity index (χ3n) is 9.99. The second-order valence-corrected chi connectivity index (χ2v) is 14.2. The van der Waals surface area contributed by atoms with Gasteiger partial charge >= 0.3 is 0 Å². The summed E-state index contributed by atoms with van der Waals surface area (Å²) >= 11 is 0. The second-order valence-electron chi connectivity index (χ2n) is 14.2. The van der Waals surface area contributed by atoms with Crippen molar-refractivity contribution in [2.75, 3.05) is 0 Å². The summed E-state index contributed by atoms with van der Waals surface area (Å²) in [5.74, 6) is 2.45. The van der Waals surface area contributed by atoms with Gasteiger partial charge in [0.2, 0.25) is 0 Å². The van der Waals surface area contributed by atoms with E-state index in [2.05, 4.69) is 180 Å². The molecule has 0 unspecified atom stereocenters. The quantitative estimate of drug-likeness (QED) is 0.0939. The summed E-state index contributed by atoms with van der Waals surface area (Å²) in [6.45, 7) is 15.0. The molecule has 5 heteroatoms. The first kappa shape index (κ1) is 35.2. The zero-order chi connectivity index (χ0) is 38.1. The standard InChI is InChI=1S/C50H41N5/c1-31-15-23-37(24-16-31)35(5)51-47(38-25-17-32(2)18-26-38)52-36(6)45-41-11-7-9-13-43(41)46(44-14-10-8-12-42(44)45)50-54-48(39-27-19-33(3)20-28-39)53-49(55-50)40-29-21-34(4)22-30-40/h7-30H,6H2,1-5H3. The molecule has 0 N–H and O–H groups in total. The normalized spacial score (nSPS) is 12.0. The molecule has 0 saturated heterocycles. The molecule has 0 aliphatic heterocycles. The Labute approximate surface area is 322 Å². The molecule has 0 spiro atoms.